The fourth-order valence-corrected chi connectivity index (χ4v) is 7.82. The van der Waals surface area contributed by atoms with Crippen LogP contribution in [0.4, 0.5) is 0 Å². The van der Waals surface area contributed by atoms with Crippen LogP contribution >= 0.6 is 0 Å². The fourth-order valence-electron chi connectivity index (χ4n) is 4.03. The normalized spacial score (nSPS) is 23.1. The SMILES string of the molecule is CC[SiH](C1C=Cc2ccccc21)C1C=Cc2ccccc21. The van der Waals surface area contributed by atoms with Crippen molar-refractivity contribution in [2.24, 2.45) is 0 Å². The van der Waals surface area contributed by atoms with Crippen LogP contribution in [0.5, 0.6) is 0 Å². The zero-order chi connectivity index (χ0) is 14.2. The third kappa shape index (κ3) is 2.04. The van der Waals surface area contributed by atoms with Crippen molar-refractivity contribution in [3.63, 3.8) is 0 Å². The maximum atomic E-state index is 2.47. The summed E-state index contributed by atoms with van der Waals surface area (Å²) >= 11 is 0. The minimum absolute atomic E-state index is 0.687. The Morgan fingerprint density at radius 2 is 1.24 bits per heavy atom. The quantitative estimate of drug-likeness (QED) is 0.702. The lowest BCUT2D eigenvalue weighted by Gasteiger charge is -2.27. The smallest absolute Gasteiger partial charge is 0.0619 e. The van der Waals surface area contributed by atoms with Gasteiger partial charge in [0.05, 0.1) is 8.80 Å². The van der Waals surface area contributed by atoms with E-state index in [0.717, 1.165) is 0 Å². The second kappa shape index (κ2) is 5.16. The summed E-state index contributed by atoms with van der Waals surface area (Å²) in [5.74, 6) is 0. The predicted octanol–water partition coefficient (Wildman–Crippen LogP) is 4.93. The van der Waals surface area contributed by atoms with E-state index in [4.69, 9.17) is 0 Å². The van der Waals surface area contributed by atoms with E-state index in [0.29, 0.717) is 11.1 Å². The summed E-state index contributed by atoms with van der Waals surface area (Å²) < 4.78 is 0. The molecule has 2 aromatic rings. The minimum atomic E-state index is -0.966. The summed E-state index contributed by atoms with van der Waals surface area (Å²) in [6.07, 6.45) is 9.61. The van der Waals surface area contributed by atoms with Gasteiger partial charge in [-0.1, -0.05) is 85.8 Å². The van der Waals surface area contributed by atoms with E-state index in [1.165, 1.54) is 17.2 Å². The van der Waals surface area contributed by atoms with Gasteiger partial charge in [-0.2, -0.15) is 0 Å². The predicted molar refractivity (Wildman–Crippen MR) is 94.1 cm³/mol. The van der Waals surface area contributed by atoms with Gasteiger partial charge in [0, 0.05) is 0 Å². The van der Waals surface area contributed by atoms with Crippen LogP contribution in [-0.4, -0.2) is 8.80 Å². The summed E-state index contributed by atoms with van der Waals surface area (Å²) in [5, 5.41) is 0. The molecule has 0 fully saturated rings. The van der Waals surface area contributed by atoms with Gasteiger partial charge in [-0.15, -0.1) is 0 Å². The Hall–Kier alpha value is -1.86. The van der Waals surface area contributed by atoms with Gasteiger partial charge in [0.25, 0.3) is 0 Å². The summed E-state index contributed by atoms with van der Waals surface area (Å²) in [6, 6.07) is 19.2. The van der Waals surface area contributed by atoms with Crippen LogP contribution in [0.2, 0.25) is 6.04 Å². The highest BCUT2D eigenvalue weighted by Crippen LogP contribution is 2.41. The molecule has 0 aromatic heterocycles. The van der Waals surface area contributed by atoms with Crippen LogP contribution in [0.3, 0.4) is 0 Å². The second-order valence-corrected chi connectivity index (χ2v) is 9.68. The van der Waals surface area contributed by atoms with Crippen LogP contribution < -0.4 is 0 Å². The summed E-state index contributed by atoms with van der Waals surface area (Å²) in [5.41, 5.74) is 7.37. The van der Waals surface area contributed by atoms with E-state index in [1.54, 1.807) is 11.1 Å². The number of hydrogen-bond donors (Lipinski definition) is 0. The molecule has 0 nitrogen and oxygen atoms in total. The molecule has 1 heteroatoms. The summed E-state index contributed by atoms with van der Waals surface area (Å²) in [4.78, 5) is 0. The van der Waals surface area contributed by atoms with Crippen molar-refractivity contribution in [2.45, 2.75) is 24.1 Å². The molecule has 0 N–H and O–H groups in total. The second-order valence-electron chi connectivity index (χ2n) is 6.10. The van der Waals surface area contributed by atoms with Gasteiger partial charge in [0.15, 0.2) is 0 Å². The van der Waals surface area contributed by atoms with E-state index < -0.39 is 8.80 Å². The topological polar surface area (TPSA) is 0 Å². The highest BCUT2D eigenvalue weighted by molar-refractivity contribution is 6.63. The van der Waals surface area contributed by atoms with Gasteiger partial charge in [-0.3, -0.25) is 0 Å². The highest BCUT2D eigenvalue weighted by atomic mass is 28.3. The van der Waals surface area contributed by atoms with Crippen LogP contribution in [-0.2, 0) is 0 Å². The zero-order valence-electron chi connectivity index (χ0n) is 12.4. The first-order chi connectivity index (χ1) is 10.4. The first-order valence-corrected chi connectivity index (χ1v) is 10.1. The van der Waals surface area contributed by atoms with Crippen molar-refractivity contribution in [1.29, 1.82) is 0 Å². The van der Waals surface area contributed by atoms with E-state index >= 15 is 0 Å². The van der Waals surface area contributed by atoms with Crippen LogP contribution in [0.25, 0.3) is 12.2 Å². The van der Waals surface area contributed by atoms with Crippen LogP contribution in [0, 0.1) is 0 Å². The minimum Gasteiger partial charge on any atom is -0.0794 e. The van der Waals surface area contributed by atoms with Crippen molar-refractivity contribution >= 4 is 20.9 Å². The third-order valence-corrected chi connectivity index (χ3v) is 9.02. The Morgan fingerprint density at radius 3 is 1.71 bits per heavy atom. The Balaban J connectivity index is 1.72. The molecule has 21 heavy (non-hydrogen) atoms. The summed E-state index contributed by atoms with van der Waals surface area (Å²) in [6.45, 7) is 2.39. The first kappa shape index (κ1) is 12.8. The molecule has 2 aliphatic carbocycles. The maximum Gasteiger partial charge on any atom is 0.0619 e. The lowest BCUT2D eigenvalue weighted by Crippen LogP contribution is -2.27. The fraction of sp³-hybridized carbons (Fsp3) is 0.200. The van der Waals surface area contributed by atoms with Crippen molar-refractivity contribution in [3.05, 3.63) is 82.9 Å². The Kier molecular flexibility index (Phi) is 3.15. The van der Waals surface area contributed by atoms with Gasteiger partial charge in [-0.05, 0) is 33.3 Å². The molecule has 0 aliphatic heterocycles. The average Bonchev–Trinajstić information content (AvgIpc) is 3.14. The van der Waals surface area contributed by atoms with Crippen LogP contribution in [0.1, 0.15) is 40.3 Å². The molecule has 0 radical (unpaired) electrons. The summed E-state index contributed by atoms with van der Waals surface area (Å²) in [7, 11) is -0.966. The van der Waals surface area contributed by atoms with E-state index in [2.05, 4.69) is 79.8 Å². The van der Waals surface area contributed by atoms with Gasteiger partial charge in [0.1, 0.15) is 0 Å². The zero-order valence-corrected chi connectivity index (χ0v) is 13.5. The molecular formula is C20H20Si. The molecule has 0 amide bonds. The van der Waals surface area contributed by atoms with Gasteiger partial charge in [0.2, 0.25) is 0 Å². The molecule has 0 bridgehead atoms. The van der Waals surface area contributed by atoms with Crippen molar-refractivity contribution in [2.75, 3.05) is 0 Å². The molecule has 4 rings (SSSR count). The number of fused-ring (bicyclic) bond motifs is 2. The Morgan fingerprint density at radius 1 is 0.762 bits per heavy atom. The molecule has 104 valence electrons. The Labute approximate surface area is 128 Å². The van der Waals surface area contributed by atoms with Gasteiger partial charge in [-0.25, -0.2) is 0 Å². The molecular weight excluding hydrogens is 268 g/mol. The lowest BCUT2D eigenvalue weighted by molar-refractivity contribution is 1.06. The molecule has 0 saturated heterocycles. The first-order valence-electron chi connectivity index (χ1n) is 7.92. The lowest BCUT2D eigenvalue weighted by atomic mass is 10.1. The van der Waals surface area contributed by atoms with Gasteiger partial charge < -0.3 is 0 Å². The molecule has 2 aliphatic rings. The van der Waals surface area contributed by atoms with Crippen molar-refractivity contribution in [1.82, 2.24) is 0 Å². The standard InChI is InChI=1S/C20H20Si/c1-2-21(19-13-11-15-7-3-5-9-17(15)19)20-14-12-16-8-4-6-10-18(16)20/h3-14,19-21H,2H2,1H3. The highest BCUT2D eigenvalue weighted by Gasteiger charge is 2.34. The Bertz CT molecular complexity index is 665. The molecule has 2 unspecified atom stereocenters. The van der Waals surface area contributed by atoms with E-state index in [1.807, 2.05) is 0 Å². The number of hydrogen-bond acceptors (Lipinski definition) is 0. The van der Waals surface area contributed by atoms with Crippen LogP contribution in [0.15, 0.2) is 60.7 Å². The third-order valence-electron chi connectivity index (χ3n) is 5.07. The monoisotopic (exact) mass is 288 g/mol. The molecule has 2 aromatic carbocycles. The number of allylic oxidation sites excluding steroid dienone is 2. The number of benzene rings is 2. The molecule has 2 atom stereocenters. The largest absolute Gasteiger partial charge is 0.0794 e. The van der Waals surface area contributed by atoms with Crippen molar-refractivity contribution < 1.29 is 0 Å². The van der Waals surface area contributed by atoms with E-state index in [9.17, 15) is 0 Å². The van der Waals surface area contributed by atoms with Gasteiger partial charge >= 0.3 is 0 Å². The van der Waals surface area contributed by atoms with Crippen molar-refractivity contribution in [3.8, 4) is 0 Å². The molecule has 0 saturated carbocycles. The number of rotatable bonds is 3. The molecule has 0 heterocycles. The average molecular weight is 288 g/mol. The molecule has 0 spiro atoms. The maximum absolute atomic E-state index is 2.47. The van der Waals surface area contributed by atoms with E-state index in [-0.39, 0.29) is 0 Å².